The van der Waals surface area contributed by atoms with E-state index in [2.05, 4.69) is 30.6 Å². The SMILES string of the molecule is CCC[C@@H](N)C(=O)NCC(C)(C)c1cccs1. The number of nitrogens with one attached hydrogen (secondary N) is 1. The third kappa shape index (κ3) is 4.13. The van der Waals surface area contributed by atoms with E-state index >= 15 is 0 Å². The van der Waals surface area contributed by atoms with E-state index < -0.39 is 0 Å². The fourth-order valence-corrected chi connectivity index (χ4v) is 2.48. The van der Waals surface area contributed by atoms with Crippen LogP contribution in [0.3, 0.4) is 0 Å². The van der Waals surface area contributed by atoms with E-state index in [1.807, 2.05) is 13.0 Å². The number of hydrogen-bond donors (Lipinski definition) is 2. The van der Waals surface area contributed by atoms with Crippen molar-refractivity contribution in [3.63, 3.8) is 0 Å². The van der Waals surface area contributed by atoms with Gasteiger partial charge in [0, 0.05) is 16.8 Å². The lowest BCUT2D eigenvalue weighted by Gasteiger charge is -2.24. The highest BCUT2D eigenvalue weighted by Gasteiger charge is 2.23. The molecule has 0 aliphatic rings. The summed E-state index contributed by atoms with van der Waals surface area (Å²) in [7, 11) is 0. The lowest BCUT2D eigenvalue weighted by molar-refractivity contribution is -0.122. The van der Waals surface area contributed by atoms with Gasteiger partial charge in [-0.25, -0.2) is 0 Å². The van der Waals surface area contributed by atoms with Crippen molar-refractivity contribution in [3.05, 3.63) is 22.4 Å². The summed E-state index contributed by atoms with van der Waals surface area (Å²) in [6.45, 7) is 6.92. The largest absolute Gasteiger partial charge is 0.354 e. The zero-order chi connectivity index (χ0) is 12.9. The molecule has 0 aliphatic heterocycles. The van der Waals surface area contributed by atoms with E-state index in [9.17, 15) is 4.79 Å². The van der Waals surface area contributed by atoms with Gasteiger partial charge in [0.2, 0.25) is 5.91 Å². The van der Waals surface area contributed by atoms with Gasteiger partial charge >= 0.3 is 0 Å². The molecule has 1 amide bonds. The smallest absolute Gasteiger partial charge is 0.236 e. The second kappa shape index (κ2) is 6.17. The van der Waals surface area contributed by atoms with Gasteiger partial charge in [0.25, 0.3) is 0 Å². The standard InChI is InChI=1S/C13H22N2OS/c1-4-6-10(14)12(16)15-9-13(2,3)11-7-5-8-17-11/h5,7-8,10H,4,6,9,14H2,1-3H3,(H,15,16)/t10-/m1/s1. The topological polar surface area (TPSA) is 55.1 Å². The molecule has 1 aromatic heterocycles. The van der Waals surface area contributed by atoms with Crippen molar-refractivity contribution < 1.29 is 4.79 Å². The fraction of sp³-hybridized carbons (Fsp3) is 0.615. The maximum atomic E-state index is 11.7. The summed E-state index contributed by atoms with van der Waals surface area (Å²) in [5.41, 5.74) is 5.73. The Labute approximate surface area is 107 Å². The molecule has 0 unspecified atom stereocenters. The number of nitrogens with two attached hydrogens (primary N) is 1. The molecular formula is C13H22N2OS. The normalized spacial score (nSPS) is 13.4. The number of thiophene rings is 1. The third-order valence-electron chi connectivity index (χ3n) is 2.83. The van der Waals surface area contributed by atoms with Gasteiger partial charge in [-0.1, -0.05) is 33.3 Å². The van der Waals surface area contributed by atoms with Crippen LogP contribution in [0, 0.1) is 0 Å². The maximum absolute atomic E-state index is 11.7. The summed E-state index contributed by atoms with van der Waals surface area (Å²) in [6.07, 6.45) is 1.67. The molecule has 4 heteroatoms. The quantitative estimate of drug-likeness (QED) is 0.818. The second-order valence-electron chi connectivity index (χ2n) is 4.97. The molecule has 0 spiro atoms. The first-order valence-electron chi connectivity index (χ1n) is 6.04. The van der Waals surface area contributed by atoms with Crippen molar-refractivity contribution in [2.75, 3.05) is 6.54 Å². The van der Waals surface area contributed by atoms with Gasteiger partial charge in [-0.05, 0) is 17.9 Å². The lowest BCUT2D eigenvalue weighted by Crippen LogP contribution is -2.44. The van der Waals surface area contributed by atoms with Crippen molar-refractivity contribution in [2.45, 2.75) is 45.1 Å². The highest BCUT2D eigenvalue weighted by Crippen LogP contribution is 2.26. The summed E-state index contributed by atoms with van der Waals surface area (Å²) in [6, 6.07) is 3.76. The van der Waals surface area contributed by atoms with E-state index in [1.54, 1.807) is 11.3 Å². The number of carbonyl (C=O) groups is 1. The summed E-state index contributed by atoms with van der Waals surface area (Å²) >= 11 is 1.72. The molecule has 0 saturated heterocycles. The van der Waals surface area contributed by atoms with Crippen LogP contribution in [-0.2, 0) is 10.2 Å². The van der Waals surface area contributed by atoms with Gasteiger partial charge < -0.3 is 11.1 Å². The van der Waals surface area contributed by atoms with Gasteiger partial charge in [-0.15, -0.1) is 11.3 Å². The molecule has 0 aliphatic carbocycles. The van der Waals surface area contributed by atoms with Crippen LogP contribution in [0.5, 0.6) is 0 Å². The van der Waals surface area contributed by atoms with Crippen LogP contribution in [0.4, 0.5) is 0 Å². The number of hydrogen-bond acceptors (Lipinski definition) is 3. The van der Waals surface area contributed by atoms with E-state index in [0.29, 0.717) is 6.54 Å². The molecular weight excluding hydrogens is 232 g/mol. The first-order chi connectivity index (χ1) is 7.97. The van der Waals surface area contributed by atoms with Crippen LogP contribution in [0.15, 0.2) is 17.5 Å². The molecule has 3 nitrogen and oxygen atoms in total. The van der Waals surface area contributed by atoms with Crippen molar-refractivity contribution in [1.82, 2.24) is 5.32 Å². The molecule has 1 aromatic rings. The average molecular weight is 254 g/mol. The van der Waals surface area contributed by atoms with E-state index in [4.69, 9.17) is 5.73 Å². The Hall–Kier alpha value is -0.870. The first kappa shape index (κ1) is 14.2. The Balaban J connectivity index is 2.47. The highest BCUT2D eigenvalue weighted by molar-refractivity contribution is 7.10. The minimum atomic E-state index is -0.376. The molecule has 96 valence electrons. The van der Waals surface area contributed by atoms with E-state index in [1.165, 1.54) is 4.88 Å². The number of amides is 1. The van der Waals surface area contributed by atoms with Crippen LogP contribution < -0.4 is 11.1 Å². The van der Waals surface area contributed by atoms with Crippen LogP contribution in [0.25, 0.3) is 0 Å². The second-order valence-corrected chi connectivity index (χ2v) is 5.92. The average Bonchev–Trinajstić information content (AvgIpc) is 2.80. The van der Waals surface area contributed by atoms with E-state index in [0.717, 1.165) is 12.8 Å². The number of carbonyl (C=O) groups excluding carboxylic acids is 1. The molecule has 0 fully saturated rings. The van der Waals surface area contributed by atoms with Crippen molar-refractivity contribution >= 4 is 17.2 Å². The summed E-state index contributed by atoms with van der Waals surface area (Å²) in [5.74, 6) is -0.0449. The van der Waals surface area contributed by atoms with Crippen LogP contribution in [0.2, 0.25) is 0 Å². The Morgan fingerprint density at radius 3 is 2.82 bits per heavy atom. The van der Waals surface area contributed by atoms with Crippen molar-refractivity contribution in [3.8, 4) is 0 Å². The molecule has 0 bridgehead atoms. The summed E-state index contributed by atoms with van der Waals surface area (Å²) in [4.78, 5) is 13.0. The van der Waals surface area contributed by atoms with E-state index in [-0.39, 0.29) is 17.4 Å². The van der Waals surface area contributed by atoms with Gasteiger partial charge in [-0.3, -0.25) is 4.79 Å². The predicted octanol–water partition coefficient (Wildman–Crippen LogP) is 2.27. The molecule has 0 saturated carbocycles. The molecule has 1 atom stereocenters. The van der Waals surface area contributed by atoms with Gasteiger partial charge in [-0.2, -0.15) is 0 Å². The van der Waals surface area contributed by atoms with Gasteiger partial charge in [0.1, 0.15) is 0 Å². The molecule has 17 heavy (non-hydrogen) atoms. The monoisotopic (exact) mass is 254 g/mol. The minimum absolute atomic E-state index is 0.0320. The minimum Gasteiger partial charge on any atom is -0.354 e. The first-order valence-corrected chi connectivity index (χ1v) is 6.92. The van der Waals surface area contributed by atoms with Crippen molar-refractivity contribution in [1.29, 1.82) is 0 Å². The van der Waals surface area contributed by atoms with Gasteiger partial charge in [0.05, 0.1) is 6.04 Å². The lowest BCUT2D eigenvalue weighted by atomic mass is 9.91. The fourth-order valence-electron chi connectivity index (χ4n) is 1.63. The maximum Gasteiger partial charge on any atom is 0.236 e. The van der Waals surface area contributed by atoms with Gasteiger partial charge in [0.15, 0.2) is 0 Å². The third-order valence-corrected chi connectivity index (χ3v) is 4.07. The Morgan fingerprint density at radius 2 is 2.29 bits per heavy atom. The Bertz CT molecular complexity index is 346. The van der Waals surface area contributed by atoms with Crippen LogP contribution in [-0.4, -0.2) is 18.5 Å². The summed E-state index contributed by atoms with van der Waals surface area (Å²) in [5, 5.41) is 5.00. The Morgan fingerprint density at radius 1 is 1.59 bits per heavy atom. The Kier molecular flexibility index (Phi) is 5.15. The zero-order valence-corrected chi connectivity index (χ0v) is 11.6. The molecule has 1 heterocycles. The molecule has 3 N–H and O–H groups in total. The number of rotatable bonds is 6. The van der Waals surface area contributed by atoms with Crippen molar-refractivity contribution in [2.24, 2.45) is 5.73 Å². The molecule has 1 rings (SSSR count). The van der Waals surface area contributed by atoms with Crippen LogP contribution >= 0.6 is 11.3 Å². The van der Waals surface area contributed by atoms with Crippen LogP contribution in [0.1, 0.15) is 38.5 Å². The molecule has 0 radical (unpaired) electrons. The molecule has 0 aromatic carbocycles. The summed E-state index contributed by atoms with van der Waals surface area (Å²) < 4.78 is 0. The predicted molar refractivity (Wildman–Crippen MR) is 73.2 cm³/mol. The highest BCUT2D eigenvalue weighted by atomic mass is 32.1. The zero-order valence-electron chi connectivity index (χ0n) is 10.8.